The van der Waals surface area contributed by atoms with E-state index in [2.05, 4.69) is 41.7 Å². The summed E-state index contributed by atoms with van der Waals surface area (Å²) < 4.78 is 13.3. The number of nitrogens with one attached hydrogen (secondary N) is 2. The molecule has 1 aromatic carbocycles. The zero-order chi connectivity index (χ0) is 20.9. The van der Waals surface area contributed by atoms with Crippen molar-refractivity contribution in [3.05, 3.63) is 42.2 Å². The molecule has 0 radical (unpaired) electrons. The van der Waals surface area contributed by atoms with E-state index in [1.54, 1.807) is 6.20 Å². The first-order chi connectivity index (χ1) is 14.2. The fourth-order valence-electron chi connectivity index (χ4n) is 2.95. The summed E-state index contributed by atoms with van der Waals surface area (Å²) in [6.45, 7) is 12.7. The Labute approximate surface area is 197 Å². The number of hydrogen-bond acceptors (Lipinski definition) is 4. The Morgan fingerprint density at radius 1 is 1.13 bits per heavy atom. The predicted octanol–water partition coefficient (Wildman–Crippen LogP) is 3.73. The van der Waals surface area contributed by atoms with Gasteiger partial charge in [-0.05, 0) is 56.9 Å². The summed E-state index contributed by atoms with van der Waals surface area (Å²) in [4.78, 5) is 4.72. The van der Waals surface area contributed by atoms with Crippen molar-refractivity contribution in [1.82, 2.24) is 20.4 Å². The maximum Gasteiger partial charge on any atom is 0.191 e. The van der Waals surface area contributed by atoms with Crippen molar-refractivity contribution in [2.24, 2.45) is 10.9 Å². The molecular formula is C22H36IN5O2. The van der Waals surface area contributed by atoms with Gasteiger partial charge in [-0.2, -0.15) is 5.10 Å². The number of nitrogens with zero attached hydrogens (tertiary/aromatic N) is 3. The normalized spacial score (nSPS) is 12.1. The van der Waals surface area contributed by atoms with Crippen molar-refractivity contribution in [3.63, 3.8) is 0 Å². The van der Waals surface area contributed by atoms with E-state index in [0.29, 0.717) is 19.1 Å². The van der Waals surface area contributed by atoms with E-state index >= 15 is 0 Å². The molecule has 0 amide bonds. The second-order valence-electron chi connectivity index (χ2n) is 6.88. The Morgan fingerprint density at radius 3 is 2.57 bits per heavy atom. The molecule has 2 aromatic rings. The van der Waals surface area contributed by atoms with Crippen LogP contribution in [0.25, 0.3) is 0 Å². The zero-order valence-electron chi connectivity index (χ0n) is 18.6. The van der Waals surface area contributed by atoms with Gasteiger partial charge in [0.15, 0.2) is 17.5 Å². The molecule has 2 rings (SSSR count). The number of ether oxygens (including phenoxy) is 2. The summed E-state index contributed by atoms with van der Waals surface area (Å²) in [5.41, 5.74) is 1.20. The second kappa shape index (κ2) is 14.9. The maximum atomic E-state index is 5.72. The maximum absolute atomic E-state index is 5.72. The fraction of sp³-hybridized carbons (Fsp3) is 0.545. The number of rotatable bonds is 12. The molecule has 1 unspecified atom stereocenters. The highest BCUT2D eigenvalue weighted by atomic mass is 127. The lowest BCUT2D eigenvalue weighted by molar-refractivity contribution is 0.287. The van der Waals surface area contributed by atoms with Gasteiger partial charge in [-0.3, -0.25) is 9.67 Å². The molecule has 0 saturated carbocycles. The number of benzene rings is 1. The fourth-order valence-corrected chi connectivity index (χ4v) is 2.95. The Kier molecular flexibility index (Phi) is 13.0. The molecule has 0 spiro atoms. The lowest BCUT2D eigenvalue weighted by Crippen LogP contribution is -2.38. The van der Waals surface area contributed by atoms with Crippen LogP contribution < -0.4 is 20.1 Å². The quantitative estimate of drug-likeness (QED) is 0.249. The van der Waals surface area contributed by atoms with Crippen LogP contribution in [0.3, 0.4) is 0 Å². The van der Waals surface area contributed by atoms with E-state index in [9.17, 15) is 0 Å². The van der Waals surface area contributed by atoms with Gasteiger partial charge in [-0.25, -0.2) is 0 Å². The molecule has 30 heavy (non-hydrogen) atoms. The molecule has 1 heterocycles. The molecule has 8 heteroatoms. The van der Waals surface area contributed by atoms with Crippen LogP contribution in [0.15, 0.2) is 41.7 Å². The van der Waals surface area contributed by atoms with Crippen LogP contribution in [0.1, 0.15) is 33.3 Å². The van der Waals surface area contributed by atoms with Gasteiger partial charge in [-0.15, -0.1) is 24.0 Å². The summed E-state index contributed by atoms with van der Waals surface area (Å²) in [5.74, 6) is 2.85. The van der Waals surface area contributed by atoms with Crippen molar-refractivity contribution < 1.29 is 9.47 Å². The first-order valence-electron chi connectivity index (χ1n) is 10.5. The molecule has 7 nitrogen and oxygen atoms in total. The van der Waals surface area contributed by atoms with Gasteiger partial charge in [0.25, 0.3) is 0 Å². The molecule has 168 valence electrons. The van der Waals surface area contributed by atoms with E-state index in [1.807, 2.05) is 36.9 Å². The van der Waals surface area contributed by atoms with E-state index in [1.165, 1.54) is 5.56 Å². The molecule has 0 fully saturated rings. The third-order valence-electron chi connectivity index (χ3n) is 4.28. The van der Waals surface area contributed by atoms with Crippen LogP contribution in [-0.4, -0.2) is 48.6 Å². The Balaban J connectivity index is 0.00000450. The molecule has 2 N–H and O–H groups in total. The van der Waals surface area contributed by atoms with E-state index < -0.39 is 0 Å². The van der Waals surface area contributed by atoms with Crippen molar-refractivity contribution >= 4 is 29.9 Å². The van der Waals surface area contributed by atoms with Gasteiger partial charge in [0, 0.05) is 38.6 Å². The molecule has 0 aliphatic rings. The van der Waals surface area contributed by atoms with Crippen molar-refractivity contribution in [3.8, 4) is 11.5 Å². The van der Waals surface area contributed by atoms with E-state index in [4.69, 9.17) is 14.5 Å². The predicted molar refractivity (Wildman–Crippen MR) is 133 cm³/mol. The average Bonchev–Trinajstić information content (AvgIpc) is 3.21. The van der Waals surface area contributed by atoms with E-state index in [0.717, 1.165) is 50.1 Å². The van der Waals surface area contributed by atoms with Gasteiger partial charge in [0.05, 0.1) is 13.2 Å². The zero-order valence-corrected chi connectivity index (χ0v) is 20.9. The standard InChI is InChI=1S/C22H35N5O2.HI/c1-5-23-22(25-16-18(4)17-27-14-8-12-26-27)24-13-11-19-9-10-20(28-6-2)21(15-19)29-7-3;/h8-10,12,14-15,18H,5-7,11,13,16-17H2,1-4H3,(H2,23,24,25);1H. The number of hydrogen-bond donors (Lipinski definition) is 2. The SMILES string of the molecule is CCNC(=NCC(C)Cn1cccn1)NCCc1ccc(OCC)c(OCC)c1.I. The van der Waals surface area contributed by atoms with Crippen LogP contribution in [-0.2, 0) is 13.0 Å². The number of guanidine groups is 1. The second-order valence-corrected chi connectivity index (χ2v) is 6.88. The van der Waals surface area contributed by atoms with Crippen molar-refractivity contribution in [2.45, 2.75) is 40.7 Å². The monoisotopic (exact) mass is 529 g/mol. The van der Waals surface area contributed by atoms with Crippen LogP contribution in [0.4, 0.5) is 0 Å². The summed E-state index contributed by atoms with van der Waals surface area (Å²) in [7, 11) is 0. The number of aromatic nitrogens is 2. The highest BCUT2D eigenvalue weighted by molar-refractivity contribution is 14.0. The average molecular weight is 529 g/mol. The topological polar surface area (TPSA) is 72.7 Å². The van der Waals surface area contributed by atoms with Crippen molar-refractivity contribution in [2.75, 3.05) is 32.8 Å². The summed E-state index contributed by atoms with van der Waals surface area (Å²) >= 11 is 0. The van der Waals surface area contributed by atoms with Crippen LogP contribution in [0.5, 0.6) is 11.5 Å². The van der Waals surface area contributed by atoms with Gasteiger partial charge in [-0.1, -0.05) is 13.0 Å². The minimum Gasteiger partial charge on any atom is -0.490 e. The first kappa shape index (κ1) is 26.1. The Morgan fingerprint density at radius 2 is 1.90 bits per heavy atom. The molecule has 0 aliphatic carbocycles. The highest BCUT2D eigenvalue weighted by Crippen LogP contribution is 2.28. The highest BCUT2D eigenvalue weighted by Gasteiger charge is 2.07. The minimum atomic E-state index is 0. The largest absolute Gasteiger partial charge is 0.490 e. The molecule has 0 bridgehead atoms. The molecule has 1 aromatic heterocycles. The van der Waals surface area contributed by atoms with Crippen LogP contribution in [0, 0.1) is 5.92 Å². The molecule has 0 aliphatic heterocycles. The number of aliphatic imine (C=N–C) groups is 1. The molecule has 1 atom stereocenters. The minimum absolute atomic E-state index is 0. The van der Waals surface area contributed by atoms with Crippen LogP contribution >= 0.6 is 24.0 Å². The van der Waals surface area contributed by atoms with Crippen LogP contribution in [0.2, 0.25) is 0 Å². The van der Waals surface area contributed by atoms with Gasteiger partial charge < -0.3 is 20.1 Å². The third-order valence-corrected chi connectivity index (χ3v) is 4.28. The summed E-state index contributed by atoms with van der Waals surface area (Å²) in [5, 5.41) is 11.0. The first-order valence-corrected chi connectivity index (χ1v) is 10.5. The smallest absolute Gasteiger partial charge is 0.191 e. The molecule has 0 saturated heterocycles. The molecular weight excluding hydrogens is 493 g/mol. The van der Waals surface area contributed by atoms with E-state index in [-0.39, 0.29) is 24.0 Å². The van der Waals surface area contributed by atoms with Gasteiger partial charge >= 0.3 is 0 Å². The Bertz CT molecular complexity index is 737. The number of halogens is 1. The lowest BCUT2D eigenvalue weighted by Gasteiger charge is -2.15. The Hall–Kier alpha value is -1.97. The van der Waals surface area contributed by atoms with Crippen molar-refractivity contribution in [1.29, 1.82) is 0 Å². The third kappa shape index (κ3) is 9.23. The van der Waals surface area contributed by atoms with Gasteiger partial charge in [0.1, 0.15) is 0 Å². The lowest BCUT2D eigenvalue weighted by atomic mass is 10.1. The summed E-state index contributed by atoms with van der Waals surface area (Å²) in [6, 6.07) is 8.08. The van der Waals surface area contributed by atoms with Gasteiger partial charge in [0.2, 0.25) is 0 Å². The summed E-state index contributed by atoms with van der Waals surface area (Å²) in [6.07, 6.45) is 4.66.